The van der Waals surface area contributed by atoms with Crippen LogP contribution in [0.25, 0.3) is 0 Å². The number of Topliss-reactive ketones (excluding diaryl/α,β-unsaturated/α-hetero) is 2. The molecule has 0 rings (SSSR count). The smallest absolute Gasteiger partial charge is 0.296 e. The van der Waals surface area contributed by atoms with E-state index >= 15 is 0 Å². The Balaban J connectivity index is -0.000000322. The van der Waals surface area contributed by atoms with E-state index in [4.69, 9.17) is 18.0 Å². The molecule has 0 atom stereocenters. The van der Waals surface area contributed by atoms with Gasteiger partial charge in [0, 0.05) is 16.4 Å². The van der Waals surface area contributed by atoms with Crippen molar-refractivity contribution in [3.8, 4) is 36.5 Å². The molecule has 0 aliphatic carbocycles. The second-order valence-corrected chi connectivity index (χ2v) is 8.61. The molecule has 0 saturated carbocycles. The first-order chi connectivity index (χ1) is 11.9. The lowest BCUT2D eigenvalue weighted by Gasteiger charge is -2.17. The molecule has 0 aromatic heterocycles. The number of amides is 1. The maximum atomic E-state index is 10.9. The van der Waals surface area contributed by atoms with Crippen LogP contribution in [0.2, 0.25) is 0 Å². The summed E-state index contributed by atoms with van der Waals surface area (Å²) < 4.78 is 0. The highest BCUT2D eigenvalue weighted by atomic mass is 16.2. The van der Waals surface area contributed by atoms with E-state index in [9.17, 15) is 14.4 Å². The molecule has 0 unspecified atom stereocenters. The standard InChI is InChI=1S/C8H12O2.C7H11NO.C7H10O/c1-8(2,3)7(10)5-4-6-9;1-5-6(9)8-7(2,3)4;1-5-6(8)7(2,3)4/h9H,6H2,1-3H3;1H,2-4H3,(H,8,9);1H,2-4H3. The molecule has 0 fully saturated rings. The SMILES string of the molecule is C#CC(=O)C(C)(C)C.C#CC(=O)NC(C)(C)C.CC(C)(C)C(=O)C#CCO. The molecule has 0 aromatic carbocycles. The van der Waals surface area contributed by atoms with Crippen molar-refractivity contribution >= 4 is 17.5 Å². The highest BCUT2D eigenvalue weighted by Crippen LogP contribution is 2.13. The number of nitrogens with one attached hydrogen (secondary N) is 1. The molecule has 27 heavy (non-hydrogen) atoms. The molecule has 150 valence electrons. The number of aliphatic hydroxyl groups excluding tert-OH is 1. The third-order valence-electron chi connectivity index (χ3n) is 2.39. The second-order valence-electron chi connectivity index (χ2n) is 8.61. The number of aliphatic hydroxyl groups is 1. The van der Waals surface area contributed by atoms with Crippen LogP contribution in [0.4, 0.5) is 0 Å². The molecule has 5 nitrogen and oxygen atoms in total. The molecule has 0 aliphatic rings. The minimum atomic E-state index is -0.415. The van der Waals surface area contributed by atoms with Gasteiger partial charge in [0.25, 0.3) is 5.91 Å². The van der Waals surface area contributed by atoms with Crippen molar-refractivity contribution in [2.45, 2.75) is 67.9 Å². The molecule has 0 radical (unpaired) electrons. The average molecular weight is 376 g/mol. The quantitative estimate of drug-likeness (QED) is 0.503. The summed E-state index contributed by atoms with van der Waals surface area (Å²) in [5.74, 6) is 8.04. The number of ketones is 2. The maximum Gasteiger partial charge on any atom is 0.296 e. The van der Waals surface area contributed by atoms with Gasteiger partial charge in [0.2, 0.25) is 11.6 Å². The largest absolute Gasteiger partial charge is 0.384 e. The summed E-state index contributed by atoms with van der Waals surface area (Å²) in [5.41, 5.74) is -1.000. The zero-order chi connectivity index (χ0) is 22.5. The van der Waals surface area contributed by atoms with E-state index in [2.05, 4.69) is 23.1 Å². The lowest BCUT2D eigenvalue weighted by Crippen LogP contribution is -2.39. The van der Waals surface area contributed by atoms with Gasteiger partial charge in [-0.25, -0.2) is 0 Å². The van der Waals surface area contributed by atoms with Crippen LogP contribution in [0.15, 0.2) is 0 Å². The molecule has 0 spiro atoms. The molecule has 2 N–H and O–H groups in total. The number of hydrogen-bond acceptors (Lipinski definition) is 4. The van der Waals surface area contributed by atoms with E-state index in [1.165, 1.54) is 0 Å². The van der Waals surface area contributed by atoms with Gasteiger partial charge in [0.1, 0.15) is 6.61 Å². The van der Waals surface area contributed by atoms with E-state index in [-0.39, 0.29) is 35.0 Å². The van der Waals surface area contributed by atoms with Gasteiger partial charge >= 0.3 is 0 Å². The van der Waals surface area contributed by atoms with Gasteiger partial charge in [0.15, 0.2) is 0 Å². The number of terminal acetylenes is 2. The number of rotatable bonds is 0. The van der Waals surface area contributed by atoms with Gasteiger partial charge in [-0.05, 0) is 38.5 Å². The summed E-state index contributed by atoms with van der Waals surface area (Å²) >= 11 is 0. The number of hydrogen-bond donors (Lipinski definition) is 2. The Bertz CT molecular complexity index is 643. The van der Waals surface area contributed by atoms with Crippen LogP contribution in [0.1, 0.15) is 62.3 Å². The van der Waals surface area contributed by atoms with Gasteiger partial charge < -0.3 is 10.4 Å². The minimum Gasteiger partial charge on any atom is -0.384 e. The van der Waals surface area contributed by atoms with Gasteiger partial charge in [-0.1, -0.05) is 47.5 Å². The molecule has 1 amide bonds. The minimum absolute atomic E-state index is 0.137. The molecule has 0 bridgehead atoms. The van der Waals surface area contributed by atoms with Gasteiger partial charge in [0.05, 0.1) is 0 Å². The fourth-order valence-electron chi connectivity index (χ4n) is 0.900. The topological polar surface area (TPSA) is 83.5 Å². The predicted octanol–water partition coefficient (Wildman–Crippen LogP) is 2.37. The Hall–Kier alpha value is -2.55. The summed E-state index contributed by atoms with van der Waals surface area (Å²) in [6, 6.07) is 0. The van der Waals surface area contributed by atoms with E-state index in [1.54, 1.807) is 41.5 Å². The third-order valence-corrected chi connectivity index (χ3v) is 2.39. The Morgan fingerprint density at radius 3 is 1.37 bits per heavy atom. The Labute approximate surface area is 164 Å². The van der Waals surface area contributed by atoms with Gasteiger partial charge in [-0.3, -0.25) is 14.4 Å². The monoisotopic (exact) mass is 375 g/mol. The molecule has 0 heterocycles. The van der Waals surface area contributed by atoms with Crippen molar-refractivity contribution in [2.75, 3.05) is 6.61 Å². The Kier molecular flexibility index (Phi) is 13.8. The molecule has 0 saturated heterocycles. The van der Waals surface area contributed by atoms with Crippen molar-refractivity contribution in [2.24, 2.45) is 10.8 Å². The van der Waals surface area contributed by atoms with Crippen LogP contribution in [0, 0.1) is 47.4 Å². The maximum absolute atomic E-state index is 10.9. The number of carbonyl (C=O) groups excluding carboxylic acids is 3. The van der Waals surface area contributed by atoms with Crippen molar-refractivity contribution in [1.82, 2.24) is 5.32 Å². The van der Waals surface area contributed by atoms with Crippen LogP contribution in [-0.4, -0.2) is 34.7 Å². The fraction of sp³-hybridized carbons (Fsp3) is 0.591. The van der Waals surface area contributed by atoms with Crippen molar-refractivity contribution in [3.05, 3.63) is 0 Å². The van der Waals surface area contributed by atoms with Crippen LogP contribution in [0.3, 0.4) is 0 Å². The van der Waals surface area contributed by atoms with Crippen LogP contribution >= 0.6 is 0 Å². The summed E-state index contributed by atoms with van der Waals surface area (Å²) in [7, 11) is 0. The first-order valence-corrected chi connectivity index (χ1v) is 8.36. The van der Waals surface area contributed by atoms with Crippen LogP contribution in [0.5, 0.6) is 0 Å². The van der Waals surface area contributed by atoms with Crippen molar-refractivity contribution in [1.29, 1.82) is 0 Å². The molecular formula is C22H33NO4. The highest BCUT2D eigenvalue weighted by molar-refractivity contribution is 5.99. The summed E-state index contributed by atoms with van der Waals surface area (Å²) in [6.45, 7) is 16.2. The van der Waals surface area contributed by atoms with Crippen LogP contribution in [-0.2, 0) is 14.4 Å². The molecule has 0 aliphatic heterocycles. The zero-order valence-electron chi connectivity index (χ0n) is 18.0. The Morgan fingerprint density at radius 1 is 0.815 bits per heavy atom. The predicted molar refractivity (Wildman–Crippen MR) is 109 cm³/mol. The summed E-state index contributed by atoms with van der Waals surface area (Å²) in [5, 5.41) is 10.8. The summed E-state index contributed by atoms with van der Waals surface area (Å²) in [4.78, 5) is 32.0. The molecule has 5 heteroatoms. The lowest BCUT2D eigenvalue weighted by molar-refractivity contribution is -0.121. The highest BCUT2D eigenvalue weighted by Gasteiger charge is 2.18. The zero-order valence-corrected chi connectivity index (χ0v) is 18.0. The van der Waals surface area contributed by atoms with Crippen LogP contribution < -0.4 is 5.32 Å². The van der Waals surface area contributed by atoms with E-state index in [1.807, 2.05) is 26.7 Å². The van der Waals surface area contributed by atoms with E-state index < -0.39 is 5.41 Å². The number of carbonyl (C=O) groups is 3. The molecule has 0 aromatic rings. The first kappa shape index (κ1) is 29.2. The lowest BCUT2D eigenvalue weighted by atomic mass is 9.91. The fourth-order valence-corrected chi connectivity index (χ4v) is 0.900. The first-order valence-electron chi connectivity index (χ1n) is 8.36. The average Bonchev–Trinajstić information content (AvgIpc) is 2.49. The van der Waals surface area contributed by atoms with Gasteiger partial charge in [-0.2, -0.15) is 0 Å². The van der Waals surface area contributed by atoms with Crippen molar-refractivity contribution in [3.63, 3.8) is 0 Å². The third kappa shape index (κ3) is 21.4. The summed E-state index contributed by atoms with van der Waals surface area (Å²) in [6.07, 6.45) is 9.68. The van der Waals surface area contributed by atoms with Crippen molar-refractivity contribution < 1.29 is 19.5 Å². The van der Waals surface area contributed by atoms with E-state index in [0.29, 0.717) is 0 Å². The van der Waals surface area contributed by atoms with E-state index in [0.717, 1.165) is 0 Å². The van der Waals surface area contributed by atoms with Gasteiger partial charge in [-0.15, -0.1) is 12.8 Å². The molecular weight excluding hydrogens is 342 g/mol. The normalized spacial score (nSPS) is 10.1. The second kappa shape index (κ2) is 12.7. The Morgan fingerprint density at radius 2 is 1.22 bits per heavy atom.